The van der Waals surface area contributed by atoms with Crippen molar-refractivity contribution in [1.29, 1.82) is 0 Å². The quantitative estimate of drug-likeness (QED) is 0.588. The van der Waals surface area contributed by atoms with E-state index in [2.05, 4.69) is 4.74 Å². The molecule has 2 aromatic rings. The van der Waals surface area contributed by atoms with Crippen molar-refractivity contribution in [3.05, 3.63) is 52.0 Å². The van der Waals surface area contributed by atoms with Gasteiger partial charge >= 0.3 is 12.8 Å². The van der Waals surface area contributed by atoms with Gasteiger partial charge in [-0.2, -0.15) is 22.0 Å². The Kier molecular flexibility index (Phi) is 4.82. The van der Waals surface area contributed by atoms with Gasteiger partial charge in [0.25, 0.3) is 0 Å². The first-order valence-electron chi connectivity index (χ1n) is 5.80. The van der Waals surface area contributed by atoms with E-state index >= 15 is 0 Å². The summed E-state index contributed by atoms with van der Waals surface area (Å²) in [6.07, 6.45) is -4.78. The molecule has 0 saturated carbocycles. The molecule has 8 heteroatoms. The molecule has 1 nitrogen and oxygen atoms in total. The highest BCUT2D eigenvalue weighted by Crippen LogP contribution is 2.42. The van der Waals surface area contributed by atoms with E-state index < -0.39 is 24.1 Å². The number of hydrogen-bond acceptors (Lipinski definition) is 1. The highest BCUT2D eigenvalue weighted by atomic mass is 35.5. The third kappa shape index (κ3) is 3.81. The first-order valence-corrected chi connectivity index (χ1v) is 6.55. The van der Waals surface area contributed by atoms with Crippen molar-refractivity contribution in [2.24, 2.45) is 0 Å². The van der Waals surface area contributed by atoms with Gasteiger partial charge in [-0.3, -0.25) is 0 Å². The molecule has 0 unspecified atom stereocenters. The van der Waals surface area contributed by atoms with Crippen LogP contribution in [0.3, 0.4) is 0 Å². The average Bonchev–Trinajstić information content (AvgIpc) is 2.40. The molecule has 2 rings (SSSR count). The molecule has 0 amide bonds. The van der Waals surface area contributed by atoms with Gasteiger partial charge in [-0.05, 0) is 35.9 Å². The van der Waals surface area contributed by atoms with Crippen molar-refractivity contribution in [3.63, 3.8) is 0 Å². The molecule has 0 saturated heterocycles. The van der Waals surface area contributed by atoms with Gasteiger partial charge in [0.15, 0.2) is 0 Å². The highest BCUT2D eigenvalue weighted by Gasteiger charge is 2.35. The molecule has 0 radical (unpaired) electrons. The molecule has 118 valence electrons. The number of ether oxygens (including phenoxy) is 1. The summed E-state index contributed by atoms with van der Waals surface area (Å²) >= 11 is 11.7. The minimum Gasteiger partial charge on any atom is -0.435 e. The lowest BCUT2D eigenvalue weighted by atomic mass is 9.99. The van der Waals surface area contributed by atoms with Gasteiger partial charge in [0.1, 0.15) is 5.75 Å². The minimum absolute atomic E-state index is 0.0464. The van der Waals surface area contributed by atoms with E-state index in [-0.39, 0.29) is 21.2 Å². The van der Waals surface area contributed by atoms with Crippen LogP contribution in [0.2, 0.25) is 10.0 Å². The lowest BCUT2D eigenvalue weighted by molar-refractivity contribution is -0.137. The molecule has 2 aromatic carbocycles. The Morgan fingerprint density at radius 1 is 0.909 bits per heavy atom. The summed E-state index contributed by atoms with van der Waals surface area (Å²) in [7, 11) is 0. The van der Waals surface area contributed by atoms with Gasteiger partial charge in [-0.15, -0.1) is 0 Å². The monoisotopic (exact) mass is 356 g/mol. The number of alkyl halides is 5. The van der Waals surface area contributed by atoms with Crippen LogP contribution in [0.4, 0.5) is 22.0 Å². The molecule has 0 bridgehead atoms. The van der Waals surface area contributed by atoms with E-state index in [1.165, 1.54) is 18.2 Å². The summed E-state index contributed by atoms with van der Waals surface area (Å²) in [5, 5.41) is 0.248. The van der Waals surface area contributed by atoms with Crippen molar-refractivity contribution >= 4 is 23.2 Å². The summed E-state index contributed by atoms with van der Waals surface area (Å²) in [5.41, 5.74) is -1.37. The maximum absolute atomic E-state index is 13.2. The van der Waals surface area contributed by atoms with Gasteiger partial charge in [-0.1, -0.05) is 29.3 Å². The van der Waals surface area contributed by atoms with Crippen LogP contribution in [-0.2, 0) is 6.18 Å². The fourth-order valence-corrected chi connectivity index (χ4v) is 2.26. The molecule has 0 atom stereocenters. The molecule has 22 heavy (non-hydrogen) atoms. The second-order valence-electron chi connectivity index (χ2n) is 4.21. The van der Waals surface area contributed by atoms with Crippen molar-refractivity contribution in [2.45, 2.75) is 12.8 Å². The van der Waals surface area contributed by atoms with Gasteiger partial charge in [-0.25, -0.2) is 0 Å². The molecule has 0 fully saturated rings. The zero-order chi connectivity index (χ0) is 16.5. The Bertz CT molecular complexity index is 685. The number of hydrogen-bond donors (Lipinski definition) is 0. The van der Waals surface area contributed by atoms with E-state index in [0.717, 1.165) is 12.1 Å². The Morgan fingerprint density at radius 2 is 1.59 bits per heavy atom. The predicted molar refractivity (Wildman–Crippen MR) is 73.5 cm³/mol. The van der Waals surface area contributed by atoms with E-state index in [0.29, 0.717) is 6.07 Å². The van der Waals surface area contributed by atoms with Crippen molar-refractivity contribution in [1.82, 2.24) is 0 Å². The molecule has 0 aliphatic rings. The fourth-order valence-electron chi connectivity index (χ4n) is 1.87. The maximum Gasteiger partial charge on any atom is 0.417 e. The van der Waals surface area contributed by atoms with Crippen molar-refractivity contribution < 1.29 is 26.7 Å². The first-order chi connectivity index (χ1) is 10.2. The van der Waals surface area contributed by atoms with Crippen LogP contribution in [-0.4, -0.2) is 6.61 Å². The zero-order valence-corrected chi connectivity index (χ0v) is 12.1. The van der Waals surface area contributed by atoms with Crippen LogP contribution in [0.5, 0.6) is 5.75 Å². The molecular formula is C14H7Cl2F5O. The normalized spacial score (nSPS) is 11.8. The lowest BCUT2D eigenvalue weighted by Gasteiger charge is -2.16. The fraction of sp³-hybridized carbons (Fsp3) is 0.143. The summed E-state index contributed by atoms with van der Waals surface area (Å²) in [4.78, 5) is 0. The average molecular weight is 357 g/mol. The van der Waals surface area contributed by atoms with Crippen LogP contribution in [0.15, 0.2) is 36.4 Å². The van der Waals surface area contributed by atoms with Crippen molar-refractivity contribution in [2.75, 3.05) is 0 Å². The molecule has 0 heterocycles. The van der Waals surface area contributed by atoms with Gasteiger partial charge in [0.05, 0.1) is 5.56 Å². The Labute approximate surface area is 132 Å². The minimum atomic E-state index is -4.78. The third-order valence-corrected chi connectivity index (χ3v) is 3.30. The zero-order valence-electron chi connectivity index (χ0n) is 10.6. The maximum atomic E-state index is 13.2. The van der Waals surface area contributed by atoms with Crippen LogP contribution >= 0.6 is 23.2 Å². The van der Waals surface area contributed by atoms with Crippen LogP contribution in [0.1, 0.15) is 5.56 Å². The highest BCUT2D eigenvalue weighted by molar-refractivity contribution is 6.35. The SMILES string of the molecule is FC(F)Oc1ccc(-c2cc(Cl)ccc2Cl)c(C(F)(F)F)c1. The largest absolute Gasteiger partial charge is 0.435 e. The van der Waals surface area contributed by atoms with Crippen LogP contribution < -0.4 is 4.74 Å². The molecular weight excluding hydrogens is 350 g/mol. The predicted octanol–water partition coefficient (Wildman–Crippen LogP) is 6.28. The Hall–Kier alpha value is -1.53. The third-order valence-electron chi connectivity index (χ3n) is 2.74. The van der Waals surface area contributed by atoms with E-state index in [4.69, 9.17) is 23.2 Å². The summed E-state index contributed by atoms with van der Waals surface area (Å²) in [6, 6.07) is 6.56. The van der Waals surface area contributed by atoms with E-state index in [1.807, 2.05) is 0 Å². The molecule has 0 aliphatic heterocycles. The molecule has 0 N–H and O–H groups in total. The second-order valence-corrected chi connectivity index (χ2v) is 5.05. The van der Waals surface area contributed by atoms with Gasteiger partial charge in [0, 0.05) is 15.6 Å². The molecule has 0 aliphatic carbocycles. The Balaban J connectivity index is 2.62. The van der Waals surface area contributed by atoms with E-state index in [1.54, 1.807) is 0 Å². The van der Waals surface area contributed by atoms with E-state index in [9.17, 15) is 22.0 Å². The van der Waals surface area contributed by atoms with Crippen LogP contribution in [0.25, 0.3) is 11.1 Å². The second kappa shape index (κ2) is 6.30. The summed E-state index contributed by atoms with van der Waals surface area (Å²) < 4.78 is 67.8. The molecule has 0 spiro atoms. The van der Waals surface area contributed by atoms with Gasteiger partial charge < -0.3 is 4.74 Å². The molecule has 0 aromatic heterocycles. The first kappa shape index (κ1) is 16.8. The topological polar surface area (TPSA) is 9.23 Å². The number of halogens is 7. The van der Waals surface area contributed by atoms with Gasteiger partial charge in [0.2, 0.25) is 0 Å². The Morgan fingerprint density at radius 3 is 2.18 bits per heavy atom. The lowest BCUT2D eigenvalue weighted by Crippen LogP contribution is -2.09. The summed E-state index contributed by atoms with van der Waals surface area (Å²) in [5.74, 6) is -0.593. The summed E-state index contributed by atoms with van der Waals surface area (Å²) in [6.45, 7) is -3.22. The van der Waals surface area contributed by atoms with Crippen molar-refractivity contribution in [3.8, 4) is 16.9 Å². The number of rotatable bonds is 3. The smallest absolute Gasteiger partial charge is 0.417 e. The number of benzene rings is 2. The van der Waals surface area contributed by atoms with Crippen LogP contribution in [0, 0.1) is 0 Å². The standard InChI is InChI=1S/C14H7Cl2F5O/c15-7-1-4-12(16)10(5-7)9-3-2-8(22-13(17)18)6-11(9)14(19,20)21/h1-6,13H.